The van der Waals surface area contributed by atoms with Crippen molar-refractivity contribution in [3.63, 3.8) is 0 Å². The molecule has 0 aliphatic rings. The van der Waals surface area contributed by atoms with Crippen LogP contribution in [-0.2, 0) is 4.79 Å². The molecule has 0 aliphatic carbocycles. The third kappa shape index (κ3) is 3.45. The molecular formula is C18H21ClOSi. The van der Waals surface area contributed by atoms with Gasteiger partial charge in [0.15, 0.2) is 0 Å². The van der Waals surface area contributed by atoms with E-state index in [0.717, 1.165) is 0 Å². The summed E-state index contributed by atoms with van der Waals surface area (Å²) in [4.78, 5) is 11.8. The second-order valence-electron chi connectivity index (χ2n) is 6.07. The van der Waals surface area contributed by atoms with Crippen LogP contribution in [0.25, 0.3) is 0 Å². The topological polar surface area (TPSA) is 17.1 Å². The fourth-order valence-corrected chi connectivity index (χ4v) is 7.24. The molecule has 2 rings (SSSR count). The van der Waals surface area contributed by atoms with E-state index < -0.39 is 8.07 Å². The smallest absolute Gasteiger partial charge is 0.224 e. The first-order valence-corrected chi connectivity index (χ1v) is 10.7. The van der Waals surface area contributed by atoms with E-state index >= 15 is 0 Å². The van der Waals surface area contributed by atoms with Crippen molar-refractivity contribution in [2.45, 2.75) is 25.6 Å². The van der Waals surface area contributed by atoms with Crippen molar-refractivity contribution in [2.24, 2.45) is 5.92 Å². The third-order valence-electron chi connectivity index (χ3n) is 4.31. The lowest BCUT2D eigenvalue weighted by Crippen LogP contribution is -2.50. The Morgan fingerprint density at radius 1 is 0.952 bits per heavy atom. The van der Waals surface area contributed by atoms with Gasteiger partial charge in [-0.15, -0.1) is 0 Å². The van der Waals surface area contributed by atoms with Crippen LogP contribution >= 0.6 is 11.6 Å². The summed E-state index contributed by atoms with van der Waals surface area (Å²) in [6, 6.07) is 20.8. The first kappa shape index (κ1) is 16.0. The van der Waals surface area contributed by atoms with E-state index in [0.29, 0.717) is 0 Å². The van der Waals surface area contributed by atoms with Crippen molar-refractivity contribution in [2.75, 3.05) is 0 Å². The molecule has 0 heterocycles. The molecule has 0 unspecified atom stereocenters. The SMILES string of the molecule is C[C@H]([C@@H](c1ccccc1)[Si](C)(C)c1ccccc1)[13C](=O)Cl. The van der Waals surface area contributed by atoms with Gasteiger partial charge in [-0.1, -0.05) is 85.9 Å². The van der Waals surface area contributed by atoms with Gasteiger partial charge in [-0.25, -0.2) is 0 Å². The minimum Gasteiger partial charge on any atom is -0.281 e. The van der Waals surface area contributed by atoms with Crippen LogP contribution in [0, 0.1) is 5.92 Å². The zero-order chi connectivity index (χ0) is 15.5. The Kier molecular flexibility index (Phi) is 5.02. The first-order chi connectivity index (χ1) is 9.94. The lowest BCUT2D eigenvalue weighted by molar-refractivity contribution is -0.114. The van der Waals surface area contributed by atoms with Crippen LogP contribution in [0.3, 0.4) is 0 Å². The molecule has 2 aromatic carbocycles. The third-order valence-corrected chi connectivity index (χ3v) is 8.87. The van der Waals surface area contributed by atoms with Gasteiger partial charge in [0.05, 0.1) is 8.07 Å². The van der Waals surface area contributed by atoms with Crippen molar-refractivity contribution in [1.29, 1.82) is 0 Å². The molecular weight excluding hydrogens is 297 g/mol. The molecule has 0 amide bonds. The maximum atomic E-state index is 11.8. The normalized spacial score (nSPS) is 14.5. The Morgan fingerprint density at radius 3 is 1.90 bits per heavy atom. The number of hydrogen-bond acceptors (Lipinski definition) is 1. The molecule has 0 bridgehead atoms. The molecule has 0 aromatic heterocycles. The molecule has 2 aromatic rings. The van der Waals surface area contributed by atoms with Gasteiger partial charge in [0.2, 0.25) is 5.24 Å². The maximum absolute atomic E-state index is 11.8. The molecule has 2 atom stereocenters. The standard InChI is InChI=1S/C18H21ClOSi/c1-14(18(19)20)17(15-10-6-4-7-11-15)21(2,3)16-12-8-5-9-13-16/h4-14,17H,1-3H3/t14-,17+/m1/s1/i18+1. The summed E-state index contributed by atoms with van der Waals surface area (Å²) in [5, 5.41) is 1.10. The maximum Gasteiger partial charge on any atom is 0.224 e. The zero-order valence-electron chi connectivity index (χ0n) is 12.7. The van der Waals surface area contributed by atoms with Crippen LogP contribution in [0.2, 0.25) is 13.1 Å². The van der Waals surface area contributed by atoms with Crippen molar-refractivity contribution in [3.8, 4) is 0 Å². The van der Waals surface area contributed by atoms with Crippen molar-refractivity contribution in [3.05, 3.63) is 66.2 Å². The first-order valence-electron chi connectivity index (χ1n) is 7.24. The van der Waals surface area contributed by atoms with Gasteiger partial charge in [0.1, 0.15) is 0 Å². The van der Waals surface area contributed by atoms with Gasteiger partial charge >= 0.3 is 0 Å². The van der Waals surface area contributed by atoms with E-state index in [1.165, 1.54) is 10.8 Å². The average Bonchev–Trinajstić information content (AvgIpc) is 2.49. The lowest BCUT2D eigenvalue weighted by Gasteiger charge is -2.36. The minimum absolute atomic E-state index is 0.172. The molecule has 1 nitrogen and oxygen atoms in total. The fraction of sp³-hybridized carbons (Fsp3) is 0.278. The predicted octanol–water partition coefficient (Wildman–Crippen LogP) is 4.33. The van der Waals surface area contributed by atoms with Crippen molar-refractivity contribution in [1.82, 2.24) is 0 Å². The fourth-order valence-electron chi connectivity index (χ4n) is 3.17. The molecule has 21 heavy (non-hydrogen) atoms. The van der Waals surface area contributed by atoms with Crippen LogP contribution in [0.4, 0.5) is 0 Å². The van der Waals surface area contributed by atoms with Gasteiger partial charge in [-0.3, -0.25) is 4.79 Å². The minimum atomic E-state index is -1.88. The zero-order valence-corrected chi connectivity index (χ0v) is 14.5. The predicted molar refractivity (Wildman–Crippen MR) is 92.8 cm³/mol. The van der Waals surface area contributed by atoms with Gasteiger partial charge < -0.3 is 0 Å². The number of benzene rings is 2. The van der Waals surface area contributed by atoms with E-state index in [1.807, 2.05) is 31.2 Å². The van der Waals surface area contributed by atoms with Crippen molar-refractivity contribution >= 4 is 30.1 Å². The molecule has 0 radical (unpaired) electrons. The molecule has 3 heteroatoms. The summed E-state index contributed by atoms with van der Waals surface area (Å²) in [7, 11) is -1.88. The van der Waals surface area contributed by atoms with Crippen LogP contribution in [-0.4, -0.2) is 13.3 Å². The summed E-state index contributed by atoms with van der Waals surface area (Å²) in [5.41, 5.74) is 1.38. The Balaban J connectivity index is 2.52. The van der Waals surface area contributed by atoms with Gasteiger partial charge in [-0.2, -0.15) is 0 Å². The van der Waals surface area contributed by atoms with E-state index in [1.54, 1.807) is 0 Å². The second-order valence-corrected chi connectivity index (χ2v) is 11.1. The number of carbonyl (C=O) groups is 1. The summed E-state index contributed by atoms with van der Waals surface area (Å²) in [5.74, 6) is -0.184. The molecule has 0 fully saturated rings. The van der Waals surface area contributed by atoms with E-state index in [9.17, 15) is 4.79 Å². The number of rotatable bonds is 5. The van der Waals surface area contributed by atoms with Gasteiger partial charge in [0.25, 0.3) is 0 Å². The van der Waals surface area contributed by atoms with E-state index in [-0.39, 0.29) is 16.7 Å². The second kappa shape index (κ2) is 6.59. The van der Waals surface area contributed by atoms with Gasteiger partial charge in [-0.05, 0) is 22.7 Å². The summed E-state index contributed by atoms with van der Waals surface area (Å²) in [6.07, 6.45) is 0. The molecule has 0 N–H and O–H groups in total. The average molecular weight is 318 g/mol. The lowest BCUT2D eigenvalue weighted by atomic mass is 10.1. The molecule has 0 saturated heterocycles. The molecule has 0 aliphatic heterocycles. The van der Waals surface area contributed by atoms with Crippen molar-refractivity contribution < 1.29 is 4.79 Å². The highest BCUT2D eigenvalue weighted by Crippen LogP contribution is 2.35. The van der Waals surface area contributed by atoms with Crippen LogP contribution < -0.4 is 5.19 Å². The summed E-state index contributed by atoms with van der Waals surface area (Å²) < 4.78 is 0. The van der Waals surface area contributed by atoms with E-state index in [2.05, 4.69) is 49.5 Å². The van der Waals surface area contributed by atoms with Crippen LogP contribution in [0.5, 0.6) is 0 Å². The monoisotopic (exact) mass is 317 g/mol. The van der Waals surface area contributed by atoms with Crippen LogP contribution in [0.15, 0.2) is 60.7 Å². The number of halogens is 1. The number of carbonyl (C=O) groups excluding carboxylic acids is 1. The molecule has 110 valence electrons. The Labute approximate surface area is 133 Å². The van der Waals surface area contributed by atoms with Gasteiger partial charge in [0, 0.05) is 5.92 Å². The van der Waals surface area contributed by atoms with Crippen LogP contribution in [0.1, 0.15) is 18.0 Å². The van der Waals surface area contributed by atoms with E-state index in [4.69, 9.17) is 11.6 Å². The largest absolute Gasteiger partial charge is 0.281 e. The highest BCUT2D eigenvalue weighted by atomic mass is 35.5. The Bertz CT molecular complexity index is 595. The highest BCUT2D eigenvalue weighted by molar-refractivity contribution is 6.91. The number of hydrogen-bond donors (Lipinski definition) is 0. The Hall–Kier alpha value is -1.38. The summed E-state index contributed by atoms with van der Waals surface area (Å²) in [6.45, 7) is 6.58. The quantitative estimate of drug-likeness (QED) is 0.456. The molecule has 0 spiro atoms. The molecule has 0 saturated carbocycles. The Morgan fingerprint density at radius 2 is 1.43 bits per heavy atom. The highest BCUT2D eigenvalue weighted by Gasteiger charge is 2.40. The summed E-state index contributed by atoms with van der Waals surface area (Å²) >= 11 is 5.85.